The summed E-state index contributed by atoms with van der Waals surface area (Å²) in [4.78, 5) is 10.5. The van der Waals surface area contributed by atoms with E-state index in [1.54, 1.807) is 13.2 Å². The van der Waals surface area contributed by atoms with Crippen molar-refractivity contribution in [1.82, 2.24) is 0 Å². The Morgan fingerprint density at radius 2 is 2.00 bits per heavy atom. The van der Waals surface area contributed by atoms with Crippen molar-refractivity contribution in [2.75, 3.05) is 7.11 Å². The van der Waals surface area contributed by atoms with Gasteiger partial charge in [-0.1, -0.05) is 18.2 Å². The minimum Gasteiger partial charge on any atom is -0.497 e. The molecule has 0 bridgehead atoms. The average Bonchev–Trinajstić information content (AvgIpc) is 2.37. The van der Waals surface area contributed by atoms with Crippen LogP contribution in [0.3, 0.4) is 0 Å². The first-order chi connectivity index (χ1) is 8.30. The van der Waals surface area contributed by atoms with Crippen molar-refractivity contribution in [1.29, 1.82) is 0 Å². The molecule has 1 rings (SSSR count). The maximum atomic E-state index is 10.5. The molecule has 0 aliphatic rings. The first-order valence-electron chi connectivity index (χ1n) is 5.59. The Bertz CT molecular complexity index is 333. The fraction of sp³-hybridized carbons (Fsp3) is 0.357. The monoisotopic (exact) mass is 234 g/mol. The van der Waals surface area contributed by atoms with Gasteiger partial charge in [-0.05, 0) is 24.1 Å². The van der Waals surface area contributed by atoms with Gasteiger partial charge in [0.15, 0.2) is 0 Å². The minimum atomic E-state index is -0.0768. The van der Waals surface area contributed by atoms with E-state index in [0.717, 1.165) is 17.6 Å². The van der Waals surface area contributed by atoms with Crippen LogP contribution in [0.2, 0.25) is 0 Å². The number of hydrogen-bond donors (Lipinski definition) is 0. The van der Waals surface area contributed by atoms with E-state index >= 15 is 0 Å². The lowest BCUT2D eigenvalue weighted by Gasteiger charge is -2.13. The first kappa shape index (κ1) is 13.5. The molecular weight excluding hydrogens is 216 g/mol. The van der Waals surface area contributed by atoms with Crippen molar-refractivity contribution >= 4 is 6.29 Å². The highest BCUT2D eigenvalue weighted by molar-refractivity contribution is 5.50. The molecule has 0 unspecified atom stereocenters. The molecule has 0 amide bonds. The van der Waals surface area contributed by atoms with Gasteiger partial charge >= 0.3 is 0 Å². The molecule has 0 saturated heterocycles. The van der Waals surface area contributed by atoms with Gasteiger partial charge in [-0.15, -0.1) is 6.58 Å². The zero-order valence-corrected chi connectivity index (χ0v) is 10.1. The quantitative estimate of drug-likeness (QED) is 0.512. The molecule has 1 aromatic rings. The molecule has 0 fully saturated rings. The second kappa shape index (κ2) is 7.63. The molecule has 0 saturated carbocycles. The number of carbonyl (C=O) groups is 1. The largest absolute Gasteiger partial charge is 0.497 e. The van der Waals surface area contributed by atoms with Crippen LogP contribution in [0, 0.1) is 0 Å². The smallest absolute Gasteiger partial charge is 0.122 e. The summed E-state index contributed by atoms with van der Waals surface area (Å²) in [6.45, 7) is 4.14. The molecule has 17 heavy (non-hydrogen) atoms. The Kier molecular flexibility index (Phi) is 6.04. The highest BCUT2D eigenvalue weighted by atomic mass is 16.5. The number of carbonyl (C=O) groups excluding carboxylic acids is 1. The van der Waals surface area contributed by atoms with E-state index in [1.165, 1.54) is 0 Å². The maximum absolute atomic E-state index is 10.5. The van der Waals surface area contributed by atoms with Crippen LogP contribution in [0.15, 0.2) is 36.9 Å². The van der Waals surface area contributed by atoms with E-state index in [-0.39, 0.29) is 6.10 Å². The minimum absolute atomic E-state index is 0.0768. The second-order valence-electron chi connectivity index (χ2n) is 3.71. The van der Waals surface area contributed by atoms with Crippen LogP contribution < -0.4 is 4.74 Å². The molecule has 0 radical (unpaired) electrons. The fourth-order valence-corrected chi connectivity index (χ4v) is 1.46. The topological polar surface area (TPSA) is 35.5 Å². The summed E-state index contributed by atoms with van der Waals surface area (Å²) in [6.07, 6.45) is 3.66. The summed E-state index contributed by atoms with van der Waals surface area (Å²) < 4.78 is 10.7. The first-order valence-corrected chi connectivity index (χ1v) is 5.59. The van der Waals surface area contributed by atoms with Gasteiger partial charge in [-0.25, -0.2) is 0 Å². The van der Waals surface area contributed by atoms with E-state index < -0.39 is 0 Å². The summed E-state index contributed by atoms with van der Waals surface area (Å²) >= 11 is 0. The Labute approximate surface area is 102 Å². The van der Waals surface area contributed by atoms with E-state index in [9.17, 15) is 4.79 Å². The molecule has 1 atom stereocenters. The molecule has 0 aliphatic heterocycles. The lowest BCUT2D eigenvalue weighted by molar-refractivity contribution is -0.110. The zero-order valence-electron chi connectivity index (χ0n) is 10.1. The van der Waals surface area contributed by atoms with Gasteiger partial charge in [0, 0.05) is 6.42 Å². The lowest BCUT2D eigenvalue weighted by atomic mass is 10.2. The van der Waals surface area contributed by atoms with Crippen LogP contribution in [0.5, 0.6) is 5.75 Å². The van der Waals surface area contributed by atoms with E-state index in [0.29, 0.717) is 19.4 Å². The number of aldehydes is 1. The van der Waals surface area contributed by atoms with Crippen LogP contribution in [0.25, 0.3) is 0 Å². The Hall–Kier alpha value is -1.61. The molecule has 0 heterocycles. The molecule has 1 aromatic carbocycles. The van der Waals surface area contributed by atoms with Gasteiger partial charge in [-0.2, -0.15) is 0 Å². The van der Waals surface area contributed by atoms with E-state index in [4.69, 9.17) is 9.47 Å². The number of benzene rings is 1. The van der Waals surface area contributed by atoms with Gasteiger partial charge in [-0.3, -0.25) is 0 Å². The van der Waals surface area contributed by atoms with Crippen LogP contribution in [0.1, 0.15) is 18.4 Å². The van der Waals surface area contributed by atoms with Crippen molar-refractivity contribution in [3.05, 3.63) is 42.5 Å². The van der Waals surface area contributed by atoms with Crippen LogP contribution in [-0.4, -0.2) is 19.5 Å². The third kappa shape index (κ3) is 4.83. The lowest BCUT2D eigenvalue weighted by Crippen LogP contribution is -2.12. The van der Waals surface area contributed by atoms with Gasteiger partial charge in [0.25, 0.3) is 0 Å². The van der Waals surface area contributed by atoms with Crippen molar-refractivity contribution < 1.29 is 14.3 Å². The standard InChI is InChI=1S/C14H18O3/c1-3-4-14(9-10-15)17-11-12-5-7-13(16-2)8-6-12/h3,5-8,10,14H,1,4,9,11H2,2H3/t14-/m1/s1. The SMILES string of the molecule is C=CC[C@H](CC=O)OCc1ccc(OC)cc1. The molecule has 0 aromatic heterocycles. The number of methoxy groups -OCH3 is 1. The molecule has 0 spiro atoms. The Balaban J connectivity index is 2.46. The highest BCUT2D eigenvalue weighted by Gasteiger charge is 2.06. The number of rotatable bonds is 8. The van der Waals surface area contributed by atoms with Crippen molar-refractivity contribution in [2.24, 2.45) is 0 Å². The third-order valence-corrected chi connectivity index (χ3v) is 2.43. The molecule has 92 valence electrons. The predicted molar refractivity (Wildman–Crippen MR) is 67.1 cm³/mol. The molecule has 3 nitrogen and oxygen atoms in total. The molecule has 0 N–H and O–H groups in total. The normalized spacial score (nSPS) is 11.8. The number of ether oxygens (including phenoxy) is 2. The maximum Gasteiger partial charge on any atom is 0.122 e. The van der Waals surface area contributed by atoms with Crippen LogP contribution in [0.4, 0.5) is 0 Å². The van der Waals surface area contributed by atoms with Crippen molar-refractivity contribution in [2.45, 2.75) is 25.6 Å². The fourth-order valence-electron chi connectivity index (χ4n) is 1.46. The van der Waals surface area contributed by atoms with Gasteiger partial charge < -0.3 is 14.3 Å². The molecule has 0 aliphatic carbocycles. The summed E-state index contributed by atoms with van der Waals surface area (Å²) in [6, 6.07) is 7.68. The van der Waals surface area contributed by atoms with Crippen LogP contribution >= 0.6 is 0 Å². The highest BCUT2D eigenvalue weighted by Crippen LogP contribution is 2.13. The summed E-state index contributed by atoms with van der Waals surface area (Å²) in [5.74, 6) is 0.823. The number of hydrogen-bond acceptors (Lipinski definition) is 3. The summed E-state index contributed by atoms with van der Waals surface area (Å²) in [7, 11) is 1.63. The van der Waals surface area contributed by atoms with Crippen molar-refractivity contribution in [3.8, 4) is 5.75 Å². The predicted octanol–water partition coefficient (Wildman–Crippen LogP) is 2.75. The molecule has 3 heteroatoms. The Morgan fingerprint density at radius 3 is 2.53 bits per heavy atom. The molecular formula is C14H18O3. The van der Waals surface area contributed by atoms with Crippen molar-refractivity contribution in [3.63, 3.8) is 0 Å². The second-order valence-corrected chi connectivity index (χ2v) is 3.71. The summed E-state index contributed by atoms with van der Waals surface area (Å²) in [5, 5.41) is 0. The van der Waals surface area contributed by atoms with Gasteiger partial charge in [0.1, 0.15) is 12.0 Å². The Morgan fingerprint density at radius 1 is 1.29 bits per heavy atom. The third-order valence-electron chi connectivity index (χ3n) is 2.43. The van der Waals surface area contributed by atoms with Crippen LogP contribution in [-0.2, 0) is 16.1 Å². The van der Waals surface area contributed by atoms with Gasteiger partial charge in [0.05, 0.1) is 19.8 Å². The van der Waals surface area contributed by atoms with Gasteiger partial charge in [0.2, 0.25) is 0 Å². The summed E-state index contributed by atoms with van der Waals surface area (Å²) in [5.41, 5.74) is 1.06. The van der Waals surface area contributed by atoms with E-state index in [2.05, 4.69) is 6.58 Å². The zero-order chi connectivity index (χ0) is 12.5. The average molecular weight is 234 g/mol. The van der Waals surface area contributed by atoms with E-state index in [1.807, 2.05) is 24.3 Å².